The Kier molecular flexibility index (Phi) is 11.0. The maximum atomic E-state index is 7.77. The van der Waals surface area contributed by atoms with Gasteiger partial charge < -0.3 is 18.6 Å². The van der Waals surface area contributed by atoms with Crippen molar-refractivity contribution < 1.29 is 8.83 Å². The Morgan fingerprint density at radius 3 is 1.13 bits per heavy atom. The van der Waals surface area contributed by atoms with E-state index in [1.807, 2.05) is 0 Å². The van der Waals surface area contributed by atoms with Gasteiger partial charge in [0, 0.05) is 45.1 Å². The molecule has 0 unspecified atom stereocenters. The van der Waals surface area contributed by atoms with Crippen LogP contribution in [0.5, 0.6) is 0 Å². The molecule has 0 bridgehead atoms. The van der Waals surface area contributed by atoms with E-state index in [9.17, 15) is 0 Å². The van der Waals surface area contributed by atoms with E-state index in [2.05, 4.69) is 240 Å². The van der Waals surface area contributed by atoms with Crippen molar-refractivity contribution in [3.05, 3.63) is 265 Å². The summed E-state index contributed by atoms with van der Waals surface area (Å²) in [4.78, 5) is 16.7. The molecule has 1 spiro atoms. The molecule has 0 aliphatic heterocycles. The second kappa shape index (κ2) is 19.1. The van der Waals surface area contributed by atoms with Crippen LogP contribution >= 0.6 is 0 Å². The number of anilines is 6. The average Bonchev–Trinajstić information content (AvgIpc) is 1.51. The molecule has 18 rings (SSSR count). The first-order chi connectivity index (χ1) is 42.2. The lowest BCUT2D eigenvalue weighted by Crippen LogP contribution is -2.26. The number of para-hydroxylation sites is 2. The summed E-state index contributed by atoms with van der Waals surface area (Å²) in [6.45, 7) is 0. The number of benzene rings is 12. The van der Waals surface area contributed by atoms with Crippen molar-refractivity contribution in [3.63, 3.8) is 0 Å². The first-order valence-electron chi connectivity index (χ1n) is 30.9. The largest absolute Gasteiger partial charge is 0.440 e. The molecule has 2 aromatic heterocycles. The van der Waals surface area contributed by atoms with Gasteiger partial charge in [-0.3, -0.25) is 0 Å². The molecule has 4 aliphatic carbocycles. The predicted molar refractivity (Wildman–Crippen MR) is 349 cm³/mol. The number of fused-ring (bicyclic) bond motifs is 20. The molecule has 6 nitrogen and oxygen atoms in total. The molecule has 6 heteroatoms. The maximum absolute atomic E-state index is 7.77. The monoisotopic (exact) mass is 1100 g/mol. The van der Waals surface area contributed by atoms with E-state index in [0.29, 0.717) is 0 Å². The van der Waals surface area contributed by atoms with Gasteiger partial charge in [-0.15, -0.1) is 0 Å². The van der Waals surface area contributed by atoms with Crippen LogP contribution in [0.2, 0.25) is 0 Å². The third-order valence-corrected chi connectivity index (χ3v) is 19.7. The molecule has 2 saturated carbocycles. The second-order valence-corrected chi connectivity index (χ2v) is 24.3. The highest BCUT2D eigenvalue weighted by atomic mass is 16.4. The van der Waals surface area contributed by atoms with Crippen LogP contribution in [0.15, 0.2) is 239 Å². The summed E-state index contributed by atoms with van der Waals surface area (Å²) in [5.74, 6) is 2.03. The van der Waals surface area contributed by atoms with E-state index in [1.165, 1.54) is 67.4 Å². The summed E-state index contributed by atoms with van der Waals surface area (Å²) in [7, 11) is 0. The lowest BCUT2D eigenvalue weighted by Gasteiger charge is -2.33. The quantitative estimate of drug-likeness (QED) is 0.141. The first-order valence-corrected chi connectivity index (χ1v) is 30.9. The maximum Gasteiger partial charge on any atom is 0.198 e. The van der Waals surface area contributed by atoms with Gasteiger partial charge in [0.1, 0.15) is 11.0 Å². The fourth-order valence-electron chi connectivity index (χ4n) is 16.0. The highest BCUT2D eigenvalue weighted by molar-refractivity contribution is 6.20. The molecule has 0 amide bonds. The molecule has 2 fully saturated rings. The van der Waals surface area contributed by atoms with E-state index in [1.54, 1.807) is 0 Å². The average molecular weight is 1100 g/mol. The van der Waals surface area contributed by atoms with Crippen molar-refractivity contribution in [1.82, 2.24) is 9.97 Å². The van der Waals surface area contributed by atoms with Gasteiger partial charge in [0.25, 0.3) is 0 Å². The Labute approximate surface area is 493 Å². The molecule has 408 valence electrons. The minimum absolute atomic E-state index is 0.195. The zero-order chi connectivity index (χ0) is 55.7. The molecule has 14 aromatic rings. The third kappa shape index (κ3) is 7.18. The third-order valence-electron chi connectivity index (χ3n) is 19.7. The van der Waals surface area contributed by atoms with Gasteiger partial charge in [-0.1, -0.05) is 221 Å². The van der Waals surface area contributed by atoms with Gasteiger partial charge in [0.2, 0.25) is 0 Å². The lowest BCUT2D eigenvalue weighted by atomic mass is 9.70. The van der Waals surface area contributed by atoms with Crippen molar-refractivity contribution in [2.75, 3.05) is 9.80 Å². The second-order valence-electron chi connectivity index (χ2n) is 24.3. The molecule has 12 aromatic carbocycles. The van der Waals surface area contributed by atoms with E-state index in [-0.39, 0.29) is 11.8 Å². The van der Waals surface area contributed by atoms with Gasteiger partial charge >= 0.3 is 0 Å². The van der Waals surface area contributed by atoms with Crippen LogP contribution in [0.3, 0.4) is 0 Å². The molecule has 0 radical (unpaired) electrons. The van der Waals surface area contributed by atoms with Crippen molar-refractivity contribution in [3.8, 4) is 22.3 Å². The van der Waals surface area contributed by atoms with Gasteiger partial charge in [-0.05, 0) is 140 Å². The van der Waals surface area contributed by atoms with Gasteiger partial charge in [0.05, 0.1) is 28.2 Å². The van der Waals surface area contributed by atoms with Crippen LogP contribution in [0.1, 0.15) is 110 Å². The van der Waals surface area contributed by atoms with Crippen LogP contribution in [-0.2, 0) is 5.41 Å². The number of rotatable bonds is 8. The van der Waals surface area contributed by atoms with Gasteiger partial charge in [-0.2, -0.15) is 0 Å². The molecular formula is C79H60N4O2. The zero-order valence-corrected chi connectivity index (χ0v) is 47.3. The van der Waals surface area contributed by atoms with Gasteiger partial charge in [0.15, 0.2) is 22.9 Å². The summed E-state index contributed by atoms with van der Waals surface area (Å²) in [5, 5.41) is 9.54. The minimum Gasteiger partial charge on any atom is -0.440 e. The summed E-state index contributed by atoms with van der Waals surface area (Å²) in [6, 6.07) is 85.5. The van der Waals surface area contributed by atoms with Crippen LogP contribution in [0.25, 0.3) is 87.5 Å². The number of hydrogen-bond acceptors (Lipinski definition) is 6. The summed E-state index contributed by atoms with van der Waals surface area (Å²) in [5.41, 5.74) is 17.9. The smallest absolute Gasteiger partial charge is 0.198 e. The number of aromatic nitrogens is 2. The Hall–Kier alpha value is -9.78. The van der Waals surface area contributed by atoms with E-state index >= 15 is 0 Å². The topological polar surface area (TPSA) is 58.5 Å². The molecule has 85 heavy (non-hydrogen) atoms. The fraction of sp³-hybridized carbons (Fsp3) is 0.165. The lowest BCUT2D eigenvalue weighted by molar-refractivity contribution is 0.373. The van der Waals surface area contributed by atoms with Crippen molar-refractivity contribution in [2.45, 2.75) is 81.5 Å². The van der Waals surface area contributed by atoms with Crippen molar-refractivity contribution in [2.24, 2.45) is 0 Å². The number of nitrogens with zero attached hydrogens (tertiary/aromatic N) is 4. The van der Waals surface area contributed by atoms with Crippen molar-refractivity contribution in [1.29, 1.82) is 0 Å². The summed E-state index contributed by atoms with van der Waals surface area (Å²) in [6.07, 6.45) is 11.3. The molecule has 2 heterocycles. The number of oxazole rings is 2. The minimum atomic E-state index is -0.860. The summed E-state index contributed by atoms with van der Waals surface area (Å²) >= 11 is 0. The highest BCUT2D eigenvalue weighted by Crippen LogP contribution is 2.67. The van der Waals surface area contributed by atoms with Gasteiger partial charge in [-0.25, -0.2) is 9.97 Å². The SMILES string of the molecule is c1ccc(N(c2cc3ccccc3c3ccccc23)c2cc3c(c4oc(C5CCCCC5)nc24)-c2c(cc(N(c4ccccc4)c4cc5ccccc5c5ccccc45)c4nc(C5CCCCC5)oc24)C32c3ccccc3-c3ccccc32)cc1. The predicted octanol–water partition coefficient (Wildman–Crippen LogP) is 22.0. The Bertz CT molecular complexity index is 4690. The first kappa shape index (κ1) is 48.7. The number of hydrogen-bond donors (Lipinski definition) is 0. The fourth-order valence-corrected chi connectivity index (χ4v) is 16.0. The van der Waals surface area contributed by atoms with Crippen LogP contribution in [0, 0.1) is 0 Å². The van der Waals surface area contributed by atoms with Crippen molar-refractivity contribution >= 4 is 99.4 Å². The molecule has 0 N–H and O–H groups in total. The van der Waals surface area contributed by atoms with E-state index < -0.39 is 5.41 Å². The zero-order valence-electron chi connectivity index (χ0n) is 47.3. The molecule has 4 aliphatic rings. The van der Waals surface area contributed by atoms with E-state index in [4.69, 9.17) is 18.8 Å². The standard InChI is InChI=1S/C79H60N4O2/c1-5-25-49(26-6-1)77-80-73-69(82(53-31-9-3-10-32-53)67-45-51-29-13-15-35-55(51)57-37-17-19-41-61(57)67)47-65-71(75(73)84-77)72-66(79(65)63-43-23-21-39-59(63)60-40-22-24-44-64(60)79)48-70(74-76(72)85-78(81-74)50-27-7-2-8-28-50)83(54-33-11-4-12-34-54)68-46-52-30-14-16-36-56(52)58-38-18-20-42-62(58)68/h3-4,9-24,29-50H,1-2,5-8,25-28H2. The Balaban J connectivity index is 1.02. The Morgan fingerprint density at radius 1 is 0.329 bits per heavy atom. The highest BCUT2D eigenvalue weighted by Gasteiger charge is 2.55. The molecule has 0 atom stereocenters. The molecule has 0 saturated heterocycles. The summed E-state index contributed by atoms with van der Waals surface area (Å²) < 4.78 is 15.5. The van der Waals surface area contributed by atoms with Crippen LogP contribution < -0.4 is 9.80 Å². The van der Waals surface area contributed by atoms with E-state index in [0.717, 1.165) is 152 Å². The molecular weight excluding hydrogens is 1040 g/mol. The normalized spacial score (nSPS) is 15.5. The van der Waals surface area contributed by atoms with Crippen LogP contribution in [-0.4, -0.2) is 9.97 Å². The van der Waals surface area contributed by atoms with Crippen LogP contribution in [0.4, 0.5) is 34.1 Å². The Morgan fingerprint density at radius 2 is 0.694 bits per heavy atom.